The minimum absolute atomic E-state index is 0.813. The summed E-state index contributed by atoms with van der Waals surface area (Å²) in [6, 6.07) is 7.71. The van der Waals surface area contributed by atoms with Crippen LogP contribution in [-0.2, 0) is 12.8 Å². The molecule has 0 atom stereocenters. The van der Waals surface area contributed by atoms with Crippen molar-refractivity contribution in [2.24, 2.45) is 0 Å². The Bertz CT molecular complexity index is 369. The van der Waals surface area contributed by atoms with Gasteiger partial charge in [0.2, 0.25) is 0 Å². The zero-order valence-electron chi connectivity index (χ0n) is 9.76. The van der Waals surface area contributed by atoms with Crippen LogP contribution in [0.15, 0.2) is 18.2 Å². The van der Waals surface area contributed by atoms with Gasteiger partial charge >= 0.3 is 0 Å². The highest BCUT2D eigenvalue weighted by molar-refractivity contribution is 5.57. The van der Waals surface area contributed by atoms with Gasteiger partial charge in [-0.05, 0) is 49.4 Å². The molecule has 0 amide bonds. The average molecular weight is 216 g/mol. The number of hydrogen-bond acceptors (Lipinski definition) is 2. The third-order valence-electron chi connectivity index (χ3n) is 3.84. The van der Waals surface area contributed by atoms with Gasteiger partial charge in [0.1, 0.15) is 0 Å². The van der Waals surface area contributed by atoms with E-state index >= 15 is 0 Å². The molecule has 16 heavy (non-hydrogen) atoms. The lowest BCUT2D eigenvalue weighted by Crippen LogP contribution is -2.36. The quantitative estimate of drug-likeness (QED) is 0.807. The number of rotatable bonds is 4. The molecule has 0 spiro atoms. The highest BCUT2D eigenvalue weighted by Gasteiger charge is 2.16. The second-order valence-corrected chi connectivity index (χ2v) is 5.00. The maximum Gasteiger partial charge on any atom is 0.0376 e. The molecular weight excluding hydrogens is 196 g/mol. The Hall–Kier alpha value is -1.02. The van der Waals surface area contributed by atoms with Crippen LogP contribution in [0.1, 0.15) is 30.4 Å². The zero-order valence-corrected chi connectivity index (χ0v) is 9.76. The van der Waals surface area contributed by atoms with Crippen molar-refractivity contribution in [3.63, 3.8) is 0 Å². The smallest absolute Gasteiger partial charge is 0.0376 e. The molecule has 1 aromatic carbocycles. The van der Waals surface area contributed by atoms with Crippen molar-refractivity contribution in [2.75, 3.05) is 18.4 Å². The third kappa shape index (κ3) is 2.07. The molecule has 3 rings (SSSR count). The van der Waals surface area contributed by atoms with Crippen molar-refractivity contribution < 1.29 is 0 Å². The Kier molecular flexibility index (Phi) is 2.83. The molecule has 2 nitrogen and oxygen atoms in total. The first kappa shape index (κ1) is 10.2. The van der Waals surface area contributed by atoms with E-state index in [1.807, 2.05) is 0 Å². The minimum Gasteiger partial charge on any atom is -0.384 e. The first-order chi connectivity index (χ1) is 7.92. The lowest BCUT2D eigenvalue weighted by atomic mass is 9.93. The fourth-order valence-corrected chi connectivity index (χ4v) is 2.53. The Labute approximate surface area is 97.4 Å². The number of anilines is 1. The molecule has 2 N–H and O–H groups in total. The molecule has 0 aromatic heterocycles. The van der Waals surface area contributed by atoms with Gasteiger partial charge < -0.3 is 10.6 Å². The van der Waals surface area contributed by atoms with E-state index in [0.717, 1.165) is 25.6 Å². The first-order valence-corrected chi connectivity index (χ1v) is 6.51. The van der Waals surface area contributed by atoms with Crippen LogP contribution in [0, 0.1) is 0 Å². The molecule has 2 aliphatic rings. The monoisotopic (exact) mass is 216 g/mol. The standard InChI is InChI=1S/C14H20N2/c1-2-13(3-1)15-8-6-11-4-5-12-7-9-16-14(12)10-11/h4-5,10,13,15-16H,1-3,6-9H2. The normalized spacial score (nSPS) is 19.0. The average Bonchev–Trinajstić information content (AvgIpc) is 2.68. The summed E-state index contributed by atoms with van der Waals surface area (Å²) in [6.45, 7) is 2.24. The van der Waals surface area contributed by atoms with Crippen LogP contribution in [0.5, 0.6) is 0 Å². The third-order valence-corrected chi connectivity index (χ3v) is 3.84. The predicted molar refractivity (Wildman–Crippen MR) is 68.0 cm³/mol. The molecule has 1 aliphatic carbocycles. The fourth-order valence-electron chi connectivity index (χ4n) is 2.53. The van der Waals surface area contributed by atoms with E-state index in [1.54, 1.807) is 0 Å². The van der Waals surface area contributed by atoms with Gasteiger partial charge in [-0.2, -0.15) is 0 Å². The molecule has 0 radical (unpaired) electrons. The van der Waals surface area contributed by atoms with Gasteiger partial charge in [-0.25, -0.2) is 0 Å². The molecule has 1 aromatic rings. The number of benzene rings is 1. The van der Waals surface area contributed by atoms with Crippen molar-refractivity contribution in [1.29, 1.82) is 0 Å². The van der Waals surface area contributed by atoms with E-state index in [9.17, 15) is 0 Å². The fraction of sp³-hybridized carbons (Fsp3) is 0.571. The Morgan fingerprint density at radius 1 is 1.31 bits per heavy atom. The molecule has 0 unspecified atom stereocenters. The van der Waals surface area contributed by atoms with Crippen LogP contribution in [0.4, 0.5) is 5.69 Å². The second kappa shape index (κ2) is 4.46. The molecule has 1 fully saturated rings. The number of fused-ring (bicyclic) bond motifs is 1. The summed E-state index contributed by atoms with van der Waals surface area (Å²) in [5.74, 6) is 0. The van der Waals surface area contributed by atoms with Crippen molar-refractivity contribution in [3.8, 4) is 0 Å². The van der Waals surface area contributed by atoms with E-state index in [2.05, 4.69) is 28.8 Å². The van der Waals surface area contributed by atoms with Crippen molar-refractivity contribution in [2.45, 2.75) is 38.1 Å². The van der Waals surface area contributed by atoms with Gasteiger partial charge in [-0.1, -0.05) is 18.6 Å². The largest absolute Gasteiger partial charge is 0.384 e. The molecular formula is C14H20N2. The van der Waals surface area contributed by atoms with Crippen LogP contribution in [0.25, 0.3) is 0 Å². The van der Waals surface area contributed by atoms with Gasteiger partial charge in [-0.15, -0.1) is 0 Å². The Balaban J connectivity index is 1.53. The molecule has 86 valence electrons. The van der Waals surface area contributed by atoms with E-state index < -0.39 is 0 Å². The predicted octanol–water partition coefficient (Wildman–Crippen LogP) is 2.34. The zero-order chi connectivity index (χ0) is 10.8. The SMILES string of the molecule is c1cc2c(cc1CCNC1CCC1)NCC2. The number of nitrogens with one attached hydrogen (secondary N) is 2. The second-order valence-electron chi connectivity index (χ2n) is 5.00. The lowest BCUT2D eigenvalue weighted by molar-refractivity contribution is 0.342. The highest BCUT2D eigenvalue weighted by atomic mass is 14.9. The van der Waals surface area contributed by atoms with Gasteiger partial charge in [0.15, 0.2) is 0 Å². The Morgan fingerprint density at radius 3 is 3.06 bits per heavy atom. The molecule has 1 heterocycles. The van der Waals surface area contributed by atoms with Crippen molar-refractivity contribution >= 4 is 5.69 Å². The van der Waals surface area contributed by atoms with Gasteiger partial charge in [0, 0.05) is 18.3 Å². The summed E-state index contributed by atoms with van der Waals surface area (Å²) in [7, 11) is 0. The molecule has 0 saturated heterocycles. The van der Waals surface area contributed by atoms with Crippen molar-refractivity contribution in [3.05, 3.63) is 29.3 Å². The summed E-state index contributed by atoms with van der Waals surface area (Å²) in [4.78, 5) is 0. The molecule has 1 saturated carbocycles. The summed E-state index contributed by atoms with van der Waals surface area (Å²) >= 11 is 0. The van der Waals surface area contributed by atoms with Crippen LogP contribution in [0.3, 0.4) is 0 Å². The maximum atomic E-state index is 3.61. The van der Waals surface area contributed by atoms with Gasteiger partial charge in [0.25, 0.3) is 0 Å². The summed E-state index contributed by atoms with van der Waals surface area (Å²) < 4.78 is 0. The van der Waals surface area contributed by atoms with E-state index in [0.29, 0.717) is 0 Å². The van der Waals surface area contributed by atoms with Gasteiger partial charge in [0.05, 0.1) is 0 Å². The maximum absolute atomic E-state index is 3.61. The summed E-state index contributed by atoms with van der Waals surface area (Å²) in [5, 5.41) is 7.06. The van der Waals surface area contributed by atoms with Gasteiger partial charge in [-0.3, -0.25) is 0 Å². The molecule has 0 bridgehead atoms. The number of hydrogen-bond donors (Lipinski definition) is 2. The van der Waals surface area contributed by atoms with Crippen LogP contribution in [0.2, 0.25) is 0 Å². The van der Waals surface area contributed by atoms with E-state index in [1.165, 1.54) is 42.5 Å². The van der Waals surface area contributed by atoms with E-state index in [-0.39, 0.29) is 0 Å². The van der Waals surface area contributed by atoms with E-state index in [4.69, 9.17) is 0 Å². The van der Waals surface area contributed by atoms with Crippen molar-refractivity contribution in [1.82, 2.24) is 5.32 Å². The lowest BCUT2D eigenvalue weighted by Gasteiger charge is -2.26. The molecule has 1 aliphatic heterocycles. The first-order valence-electron chi connectivity index (χ1n) is 6.51. The van der Waals surface area contributed by atoms with Crippen LogP contribution in [-0.4, -0.2) is 19.1 Å². The molecule has 2 heteroatoms. The Morgan fingerprint density at radius 2 is 2.25 bits per heavy atom. The summed E-state index contributed by atoms with van der Waals surface area (Å²) in [6.07, 6.45) is 6.53. The topological polar surface area (TPSA) is 24.1 Å². The summed E-state index contributed by atoms with van der Waals surface area (Å²) in [5.41, 5.74) is 4.30. The highest BCUT2D eigenvalue weighted by Crippen LogP contribution is 2.23. The van der Waals surface area contributed by atoms with Crippen LogP contribution < -0.4 is 10.6 Å². The van der Waals surface area contributed by atoms with Crippen LogP contribution >= 0.6 is 0 Å². The minimum atomic E-state index is 0.813.